The van der Waals surface area contributed by atoms with Gasteiger partial charge in [-0.05, 0) is 49.4 Å². The fourth-order valence-electron chi connectivity index (χ4n) is 3.07. The number of hydrogen-bond donors (Lipinski definition) is 2. The zero-order valence-corrected chi connectivity index (χ0v) is 17.1. The van der Waals surface area contributed by atoms with Gasteiger partial charge in [0.05, 0.1) is 12.3 Å². The highest BCUT2D eigenvalue weighted by molar-refractivity contribution is 6.04. The predicted molar refractivity (Wildman–Crippen MR) is 123 cm³/mol. The third kappa shape index (κ3) is 5.25. The molecule has 0 radical (unpaired) electrons. The Labute approximate surface area is 181 Å². The molecule has 154 valence electrons. The summed E-state index contributed by atoms with van der Waals surface area (Å²) >= 11 is 0. The molecular weight excluding hydrogens is 388 g/mol. The van der Waals surface area contributed by atoms with Gasteiger partial charge in [0, 0.05) is 28.6 Å². The van der Waals surface area contributed by atoms with Crippen LogP contribution in [-0.4, -0.2) is 22.5 Å². The van der Waals surface area contributed by atoms with Gasteiger partial charge in [0.15, 0.2) is 0 Å². The van der Waals surface area contributed by atoms with E-state index in [9.17, 15) is 4.79 Å². The van der Waals surface area contributed by atoms with Crippen molar-refractivity contribution < 1.29 is 9.53 Å². The lowest BCUT2D eigenvalue weighted by molar-refractivity contribution is 0.102. The molecule has 0 aliphatic carbocycles. The van der Waals surface area contributed by atoms with Crippen LogP contribution in [-0.2, 0) is 0 Å². The molecule has 0 aliphatic rings. The molecule has 6 nitrogen and oxygen atoms in total. The fourth-order valence-corrected chi connectivity index (χ4v) is 3.07. The van der Waals surface area contributed by atoms with Crippen molar-refractivity contribution >= 4 is 23.1 Å². The van der Waals surface area contributed by atoms with Crippen molar-refractivity contribution in [1.82, 2.24) is 9.97 Å². The molecule has 0 aliphatic heterocycles. The first kappa shape index (κ1) is 20.1. The van der Waals surface area contributed by atoms with E-state index in [2.05, 4.69) is 20.6 Å². The Bertz CT molecular complexity index is 1160. The Morgan fingerprint density at radius 1 is 0.871 bits per heavy atom. The fraction of sp³-hybridized carbons (Fsp3) is 0.0800. The summed E-state index contributed by atoms with van der Waals surface area (Å²) in [6, 6.07) is 26.4. The van der Waals surface area contributed by atoms with Crippen LogP contribution in [0.5, 0.6) is 5.75 Å². The SMILES string of the molecule is CCOc1cccc(C(=O)Nc2ccc(Nc3cc(-c4ccccc4)ncn3)cc2)c1. The Balaban J connectivity index is 1.42. The van der Waals surface area contributed by atoms with E-state index < -0.39 is 0 Å². The molecule has 0 bridgehead atoms. The molecular formula is C25H22N4O2. The number of nitrogens with zero attached hydrogens (tertiary/aromatic N) is 2. The summed E-state index contributed by atoms with van der Waals surface area (Å²) in [7, 11) is 0. The Morgan fingerprint density at radius 3 is 2.42 bits per heavy atom. The number of aromatic nitrogens is 2. The van der Waals surface area contributed by atoms with Crippen molar-refractivity contribution in [1.29, 1.82) is 0 Å². The zero-order chi connectivity index (χ0) is 21.5. The molecule has 1 amide bonds. The molecule has 3 aromatic carbocycles. The van der Waals surface area contributed by atoms with Crippen LogP contribution in [0.2, 0.25) is 0 Å². The maximum absolute atomic E-state index is 12.5. The summed E-state index contributed by atoms with van der Waals surface area (Å²) in [6.45, 7) is 2.46. The van der Waals surface area contributed by atoms with Gasteiger partial charge in [0.2, 0.25) is 0 Å². The number of anilines is 3. The van der Waals surface area contributed by atoms with Crippen molar-refractivity contribution in [3.8, 4) is 17.0 Å². The molecule has 0 unspecified atom stereocenters. The second-order valence-corrected chi connectivity index (χ2v) is 6.77. The quantitative estimate of drug-likeness (QED) is 0.418. The highest BCUT2D eigenvalue weighted by atomic mass is 16.5. The van der Waals surface area contributed by atoms with Crippen LogP contribution >= 0.6 is 0 Å². The number of benzene rings is 3. The lowest BCUT2D eigenvalue weighted by atomic mass is 10.1. The van der Waals surface area contributed by atoms with Gasteiger partial charge in [-0.1, -0.05) is 36.4 Å². The van der Waals surface area contributed by atoms with Crippen molar-refractivity contribution in [2.75, 3.05) is 17.2 Å². The average Bonchev–Trinajstić information content (AvgIpc) is 2.81. The normalized spacial score (nSPS) is 10.4. The summed E-state index contributed by atoms with van der Waals surface area (Å²) in [6.07, 6.45) is 1.54. The Kier molecular flexibility index (Phi) is 6.18. The summed E-state index contributed by atoms with van der Waals surface area (Å²) < 4.78 is 5.46. The van der Waals surface area contributed by atoms with Crippen LogP contribution in [0.4, 0.5) is 17.2 Å². The van der Waals surface area contributed by atoms with E-state index in [1.165, 1.54) is 6.33 Å². The summed E-state index contributed by atoms with van der Waals surface area (Å²) in [5.74, 6) is 1.18. The number of hydrogen-bond acceptors (Lipinski definition) is 5. The van der Waals surface area contributed by atoms with Crippen molar-refractivity contribution in [2.45, 2.75) is 6.92 Å². The highest BCUT2D eigenvalue weighted by Gasteiger charge is 2.08. The smallest absolute Gasteiger partial charge is 0.255 e. The number of carbonyl (C=O) groups excluding carboxylic acids is 1. The van der Waals surface area contributed by atoms with Gasteiger partial charge in [0.25, 0.3) is 5.91 Å². The van der Waals surface area contributed by atoms with E-state index in [0.29, 0.717) is 29.4 Å². The molecule has 0 saturated carbocycles. The summed E-state index contributed by atoms with van der Waals surface area (Å²) in [5, 5.41) is 6.17. The topological polar surface area (TPSA) is 76.1 Å². The maximum atomic E-state index is 12.5. The molecule has 4 rings (SSSR count). The first-order valence-electron chi connectivity index (χ1n) is 10.00. The summed E-state index contributed by atoms with van der Waals surface area (Å²) in [5.41, 5.74) is 3.97. The van der Waals surface area contributed by atoms with Gasteiger partial charge in [-0.3, -0.25) is 4.79 Å². The lowest BCUT2D eigenvalue weighted by Crippen LogP contribution is -2.12. The molecule has 31 heavy (non-hydrogen) atoms. The molecule has 0 spiro atoms. The largest absolute Gasteiger partial charge is 0.494 e. The Morgan fingerprint density at radius 2 is 1.65 bits per heavy atom. The van der Waals surface area contributed by atoms with E-state index in [0.717, 1.165) is 16.9 Å². The van der Waals surface area contributed by atoms with Crippen LogP contribution in [0.1, 0.15) is 17.3 Å². The van der Waals surface area contributed by atoms with Crippen LogP contribution in [0.25, 0.3) is 11.3 Å². The minimum absolute atomic E-state index is 0.189. The first-order chi connectivity index (χ1) is 15.2. The third-order valence-electron chi connectivity index (χ3n) is 4.56. The monoisotopic (exact) mass is 410 g/mol. The van der Waals surface area contributed by atoms with E-state index in [1.54, 1.807) is 18.2 Å². The van der Waals surface area contributed by atoms with Gasteiger partial charge in [-0.25, -0.2) is 9.97 Å². The van der Waals surface area contributed by atoms with E-state index >= 15 is 0 Å². The lowest BCUT2D eigenvalue weighted by Gasteiger charge is -2.10. The standard InChI is InChI=1S/C25H22N4O2/c1-2-31-22-10-6-9-19(15-22)25(30)29-21-13-11-20(12-14-21)28-24-16-23(26-17-27-24)18-7-4-3-5-8-18/h3-17H,2H2,1H3,(H,29,30)(H,26,27,28). The second-order valence-electron chi connectivity index (χ2n) is 6.77. The molecule has 4 aromatic rings. The molecule has 0 fully saturated rings. The minimum Gasteiger partial charge on any atom is -0.494 e. The van der Waals surface area contributed by atoms with Crippen molar-refractivity contribution in [2.24, 2.45) is 0 Å². The van der Waals surface area contributed by atoms with Crippen LogP contribution in [0.15, 0.2) is 91.3 Å². The molecule has 0 saturated heterocycles. The number of nitrogens with one attached hydrogen (secondary N) is 2. The van der Waals surface area contributed by atoms with Crippen LogP contribution in [0.3, 0.4) is 0 Å². The van der Waals surface area contributed by atoms with Crippen LogP contribution in [0, 0.1) is 0 Å². The van der Waals surface area contributed by atoms with Gasteiger partial charge < -0.3 is 15.4 Å². The van der Waals surface area contributed by atoms with Crippen LogP contribution < -0.4 is 15.4 Å². The van der Waals surface area contributed by atoms with Gasteiger partial charge in [0.1, 0.15) is 17.9 Å². The van der Waals surface area contributed by atoms with Crippen molar-refractivity contribution in [3.05, 3.63) is 96.8 Å². The van der Waals surface area contributed by atoms with Crippen molar-refractivity contribution in [3.63, 3.8) is 0 Å². The van der Waals surface area contributed by atoms with Gasteiger partial charge in [-0.2, -0.15) is 0 Å². The molecule has 2 N–H and O–H groups in total. The van der Waals surface area contributed by atoms with Gasteiger partial charge in [-0.15, -0.1) is 0 Å². The molecule has 1 aromatic heterocycles. The van der Waals surface area contributed by atoms with E-state index in [1.807, 2.05) is 73.7 Å². The summed E-state index contributed by atoms with van der Waals surface area (Å²) in [4.78, 5) is 21.1. The zero-order valence-electron chi connectivity index (χ0n) is 17.1. The number of ether oxygens (including phenoxy) is 1. The minimum atomic E-state index is -0.189. The number of amides is 1. The highest BCUT2D eigenvalue weighted by Crippen LogP contribution is 2.22. The molecule has 1 heterocycles. The molecule has 6 heteroatoms. The van der Waals surface area contributed by atoms with Gasteiger partial charge >= 0.3 is 0 Å². The Hall–Kier alpha value is -4.19. The maximum Gasteiger partial charge on any atom is 0.255 e. The predicted octanol–water partition coefficient (Wildman–Crippen LogP) is 5.54. The third-order valence-corrected chi connectivity index (χ3v) is 4.56. The number of rotatable bonds is 7. The number of carbonyl (C=O) groups is 1. The second kappa shape index (κ2) is 9.54. The average molecular weight is 410 g/mol. The molecule has 0 atom stereocenters. The first-order valence-corrected chi connectivity index (χ1v) is 10.00. The van der Waals surface area contributed by atoms with E-state index in [-0.39, 0.29) is 5.91 Å². The van der Waals surface area contributed by atoms with E-state index in [4.69, 9.17) is 4.74 Å².